The van der Waals surface area contributed by atoms with Crippen LogP contribution in [0.3, 0.4) is 0 Å². The molecule has 0 aliphatic carbocycles. The predicted molar refractivity (Wildman–Crippen MR) is 120 cm³/mol. The Morgan fingerprint density at radius 3 is 2.60 bits per heavy atom. The Balaban J connectivity index is 1.97. The summed E-state index contributed by atoms with van der Waals surface area (Å²) in [4.78, 5) is 12.8. The van der Waals surface area contributed by atoms with Gasteiger partial charge in [0.2, 0.25) is 5.91 Å². The highest BCUT2D eigenvalue weighted by Crippen LogP contribution is 2.50. The molecule has 0 spiro atoms. The van der Waals surface area contributed by atoms with E-state index in [1.54, 1.807) is 36.7 Å². The SMILES string of the molecule is COc1cccc([C@H]2S[C@@H](C)C(=O)Nc3c2c(C)nn3-c2ccccc2Cl)c1OC. The molecular formula is C22H22ClN3O3S. The lowest BCUT2D eigenvalue weighted by molar-refractivity contribution is -0.115. The number of rotatable bonds is 4. The molecule has 2 heterocycles. The third-order valence-electron chi connectivity index (χ3n) is 5.12. The van der Waals surface area contributed by atoms with Crippen LogP contribution in [-0.2, 0) is 4.79 Å². The lowest BCUT2D eigenvalue weighted by Gasteiger charge is -2.21. The Bertz CT molecular complexity index is 1120. The summed E-state index contributed by atoms with van der Waals surface area (Å²) in [6.07, 6.45) is 0. The number of hydrogen-bond acceptors (Lipinski definition) is 5. The fourth-order valence-electron chi connectivity index (χ4n) is 3.67. The van der Waals surface area contributed by atoms with E-state index in [9.17, 15) is 4.79 Å². The number of nitrogens with zero attached hydrogens (tertiary/aromatic N) is 2. The molecule has 6 nitrogen and oxygen atoms in total. The third kappa shape index (κ3) is 3.42. The number of carbonyl (C=O) groups is 1. The van der Waals surface area contributed by atoms with E-state index in [0.29, 0.717) is 28.0 Å². The number of nitrogens with one attached hydrogen (secondary N) is 1. The van der Waals surface area contributed by atoms with Gasteiger partial charge in [0.1, 0.15) is 5.82 Å². The van der Waals surface area contributed by atoms with Crippen molar-refractivity contribution in [3.8, 4) is 17.2 Å². The second kappa shape index (κ2) is 8.24. The van der Waals surface area contributed by atoms with Crippen LogP contribution in [0.25, 0.3) is 5.69 Å². The molecule has 1 aliphatic rings. The Morgan fingerprint density at radius 2 is 1.90 bits per heavy atom. The number of methoxy groups -OCH3 is 2. The summed E-state index contributed by atoms with van der Waals surface area (Å²) in [6, 6.07) is 13.2. The number of aromatic nitrogens is 2. The minimum atomic E-state index is -0.280. The van der Waals surface area contributed by atoms with Gasteiger partial charge in [-0.3, -0.25) is 4.79 Å². The number of hydrogen-bond donors (Lipinski definition) is 1. The molecule has 30 heavy (non-hydrogen) atoms. The first-order valence-electron chi connectivity index (χ1n) is 9.47. The second-order valence-corrected chi connectivity index (χ2v) is 8.80. The van der Waals surface area contributed by atoms with Crippen molar-refractivity contribution in [2.45, 2.75) is 24.3 Å². The van der Waals surface area contributed by atoms with Crippen LogP contribution < -0.4 is 14.8 Å². The molecule has 0 saturated heterocycles. The van der Waals surface area contributed by atoms with Crippen LogP contribution in [-0.4, -0.2) is 35.2 Å². The number of anilines is 1. The van der Waals surface area contributed by atoms with E-state index >= 15 is 0 Å². The summed E-state index contributed by atoms with van der Waals surface area (Å²) in [5.74, 6) is 1.83. The number of fused-ring (bicyclic) bond motifs is 1. The maximum Gasteiger partial charge on any atom is 0.238 e. The number of benzene rings is 2. The van der Waals surface area contributed by atoms with Crippen molar-refractivity contribution in [2.24, 2.45) is 0 Å². The normalized spacial score (nSPS) is 18.4. The number of carbonyl (C=O) groups excluding carboxylic acids is 1. The highest BCUT2D eigenvalue weighted by atomic mass is 35.5. The molecule has 0 radical (unpaired) electrons. The van der Waals surface area contributed by atoms with Gasteiger partial charge in [-0.25, -0.2) is 4.68 Å². The summed E-state index contributed by atoms with van der Waals surface area (Å²) >= 11 is 7.99. The fraction of sp³-hybridized carbons (Fsp3) is 0.273. The van der Waals surface area contributed by atoms with Crippen LogP contribution in [0.1, 0.15) is 29.0 Å². The topological polar surface area (TPSA) is 65.4 Å². The molecule has 1 aliphatic heterocycles. The smallest absolute Gasteiger partial charge is 0.238 e. The average molecular weight is 444 g/mol. The van der Waals surface area contributed by atoms with E-state index in [-0.39, 0.29) is 16.4 Å². The van der Waals surface area contributed by atoms with E-state index in [0.717, 1.165) is 16.8 Å². The van der Waals surface area contributed by atoms with Crippen LogP contribution in [0.5, 0.6) is 11.5 Å². The zero-order chi connectivity index (χ0) is 21.4. The number of ether oxygens (including phenoxy) is 2. The van der Waals surface area contributed by atoms with Gasteiger partial charge in [-0.1, -0.05) is 35.9 Å². The van der Waals surface area contributed by atoms with E-state index < -0.39 is 0 Å². The Labute approximate surface area is 184 Å². The first-order chi connectivity index (χ1) is 14.5. The standard InChI is InChI=1S/C22H22ClN3O3S/c1-12-18-20(14-8-7-11-17(28-3)19(14)29-4)30-13(2)22(27)24-21(18)26(25-12)16-10-6-5-9-15(16)23/h5-11,13,20H,1-4H3,(H,24,27)/t13-,20+/m0/s1. The van der Waals surface area contributed by atoms with E-state index in [4.69, 9.17) is 26.2 Å². The van der Waals surface area contributed by atoms with Crippen molar-refractivity contribution in [3.05, 3.63) is 64.3 Å². The molecule has 2 aromatic carbocycles. The summed E-state index contributed by atoms with van der Waals surface area (Å²) < 4.78 is 12.9. The van der Waals surface area contributed by atoms with Gasteiger partial charge in [0, 0.05) is 11.1 Å². The van der Waals surface area contributed by atoms with Crippen LogP contribution in [0, 0.1) is 6.92 Å². The van der Waals surface area contributed by atoms with Crippen molar-refractivity contribution in [2.75, 3.05) is 19.5 Å². The van der Waals surface area contributed by atoms with E-state index in [1.165, 1.54) is 0 Å². The van der Waals surface area contributed by atoms with Crippen molar-refractivity contribution in [3.63, 3.8) is 0 Å². The summed E-state index contributed by atoms with van der Waals surface area (Å²) in [6.45, 7) is 3.84. The quantitative estimate of drug-likeness (QED) is 0.613. The molecule has 156 valence electrons. The van der Waals surface area contributed by atoms with Gasteiger partial charge in [0.15, 0.2) is 11.5 Å². The minimum absolute atomic E-state index is 0.0844. The lowest BCUT2D eigenvalue weighted by atomic mass is 10.0. The lowest BCUT2D eigenvalue weighted by Crippen LogP contribution is -2.22. The van der Waals surface area contributed by atoms with Crippen LogP contribution in [0.15, 0.2) is 42.5 Å². The van der Waals surface area contributed by atoms with Gasteiger partial charge in [-0.15, -0.1) is 11.8 Å². The molecule has 1 aromatic heterocycles. The largest absolute Gasteiger partial charge is 0.493 e. The van der Waals surface area contributed by atoms with Crippen molar-refractivity contribution < 1.29 is 14.3 Å². The van der Waals surface area contributed by atoms with Gasteiger partial charge in [0.05, 0.1) is 41.1 Å². The molecule has 1 N–H and O–H groups in total. The molecule has 2 atom stereocenters. The highest BCUT2D eigenvalue weighted by molar-refractivity contribution is 8.01. The Kier molecular flexibility index (Phi) is 5.66. The molecule has 0 saturated carbocycles. The first-order valence-corrected chi connectivity index (χ1v) is 10.8. The minimum Gasteiger partial charge on any atom is -0.493 e. The Hall–Kier alpha value is -2.64. The third-order valence-corrected chi connectivity index (χ3v) is 6.82. The summed E-state index contributed by atoms with van der Waals surface area (Å²) in [7, 11) is 3.23. The monoisotopic (exact) mass is 443 g/mol. The molecule has 3 aromatic rings. The maximum absolute atomic E-state index is 12.8. The predicted octanol–water partition coefficient (Wildman–Crippen LogP) is 5.01. The van der Waals surface area contributed by atoms with Gasteiger partial charge in [0.25, 0.3) is 0 Å². The van der Waals surface area contributed by atoms with E-state index in [1.807, 2.05) is 50.2 Å². The molecule has 4 rings (SSSR count). The van der Waals surface area contributed by atoms with Crippen molar-refractivity contribution >= 4 is 35.1 Å². The van der Waals surface area contributed by atoms with Gasteiger partial charge < -0.3 is 14.8 Å². The Morgan fingerprint density at radius 1 is 1.13 bits per heavy atom. The first kappa shape index (κ1) is 20.6. The van der Waals surface area contributed by atoms with Crippen LogP contribution in [0.2, 0.25) is 5.02 Å². The molecule has 0 unspecified atom stereocenters. The summed E-state index contributed by atoms with van der Waals surface area (Å²) in [5, 5.41) is 7.88. The van der Waals surface area contributed by atoms with Crippen LogP contribution >= 0.6 is 23.4 Å². The summed E-state index contributed by atoms with van der Waals surface area (Å²) in [5.41, 5.74) is 3.36. The number of aryl methyl sites for hydroxylation is 1. The van der Waals surface area contributed by atoms with E-state index in [2.05, 4.69) is 5.32 Å². The van der Waals surface area contributed by atoms with Crippen molar-refractivity contribution in [1.82, 2.24) is 9.78 Å². The second-order valence-electron chi connectivity index (χ2n) is 6.94. The van der Waals surface area contributed by atoms with Gasteiger partial charge in [-0.05, 0) is 32.0 Å². The fourth-order valence-corrected chi connectivity index (χ4v) is 5.23. The van der Waals surface area contributed by atoms with Crippen molar-refractivity contribution in [1.29, 1.82) is 0 Å². The van der Waals surface area contributed by atoms with Gasteiger partial charge >= 0.3 is 0 Å². The molecule has 0 bridgehead atoms. The average Bonchev–Trinajstić information content (AvgIpc) is 2.99. The number of thioether (sulfide) groups is 1. The van der Waals surface area contributed by atoms with Gasteiger partial charge in [-0.2, -0.15) is 5.10 Å². The molecule has 0 fully saturated rings. The van der Waals surface area contributed by atoms with Crippen LogP contribution in [0.4, 0.5) is 5.82 Å². The molecule has 8 heteroatoms. The zero-order valence-corrected chi connectivity index (χ0v) is 18.7. The number of para-hydroxylation sites is 2. The highest BCUT2D eigenvalue weighted by Gasteiger charge is 2.36. The zero-order valence-electron chi connectivity index (χ0n) is 17.1. The number of amides is 1. The number of halogens is 1. The molecular weight excluding hydrogens is 422 g/mol. The maximum atomic E-state index is 12.8. The molecule has 1 amide bonds.